The van der Waals surface area contributed by atoms with Gasteiger partial charge in [0.2, 0.25) is 5.89 Å². The number of benzene rings is 1. The van der Waals surface area contributed by atoms with Crippen molar-refractivity contribution in [2.45, 2.75) is 6.61 Å². The van der Waals surface area contributed by atoms with Gasteiger partial charge in [0.05, 0.1) is 5.56 Å². The molecule has 2 aromatic rings. The summed E-state index contributed by atoms with van der Waals surface area (Å²) >= 11 is 0. The number of hydrogen-bond acceptors (Lipinski definition) is 5. The summed E-state index contributed by atoms with van der Waals surface area (Å²) in [7, 11) is 0. The highest BCUT2D eigenvalue weighted by atomic mass is 19.2. The van der Waals surface area contributed by atoms with Gasteiger partial charge in [0.15, 0.2) is 17.5 Å². The molecule has 1 N–H and O–H groups in total. The number of aliphatic carboxylic acids is 1. The molecule has 0 aliphatic heterocycles. The minimum absolute atomic E-state index is 0.120. The van der Waals surface area contributed by atoms with Gasteiger partial charge in [0.25, 0.3) is 5.89 Å². The maximum absolute atomic E-state index is 13.5. The zero-order chi connectivity index (χ0) is 14.7. The molecular weight excluding hydrogens is 281 g/mol. The Hall–Kier alpha value is -2.42. The van der Waals surface area contributed by atoms with Crippen LogP contribution in [0.4, 0.5) is 13.2 Å². The highest BCUT2D eigenvalue weighted by molar-refractivity contribution is 5.67. The van der Waals surface area contributed by atoms with Crippen LogP contribution < -0.4 is 0 Å². The van der Waals surface area contributed by atoms with Crippen molar-refractivity contribution in [3.63, 3.8) is 0 Å². The van der Waals surface area contributed by atoms with Crippen molar-refractivity contribution in [1.29, 1.82) is 0 Å². The Kier molecular flexibility index (Phi) is 3.99. The van der Waals surface area contributed by atoms with Crippen LogP contribution in [-0.4, -0.2) is 27.9 Å². The van der Waals surface area contributed by atoms with E-state index in [1.165, 1.54) is 0 Å². The highest BCUT2D eigenvalue weighted by Gasteiger charge is 2.19. The molecule has 0 atom stereocenters. The fourth-order valence-electron chi connectivity index (χ4n) is 1.34. The van der Waals surface area contributed by atoms with Crippen molar-refractivity contribution in [1.82, 2.24) is 10.2 Å². The van der Waals surface area contributed by atoms with Crippen LogP contribution in [0.3, 0.4) is 0 Å². The van der Waals surface area contributed by atoms with Gasteiger partial charge in [-0.3, -0.25) is 0 Å². The van der Waals surface area contributed by atoms with Crippen LogP contribution in [0, 0.1) is 17.5 Å². The molecule has 0 spiro atoms. The Balaban J connectivity index is 2.17. The Morgan fingerprint density at radius 3 is 2.70 bits per heavy atom. The largest absolute Gasteiger partial charge is 0.480 e. The van der Waals surface area contributed by atoms with Crippen LogP contribution in [-0.2, 0) is 16.1 Å². The summed E-state index contributed by atoms with van der Waals surface area (Å²) in [4.78, 5) is 10.2. The number of hydrogen-bond donors (Lipinski definition) is 1. The fourth-order valence-corrected chi connectivity index (χ4v) is 1.34. The first-order chi connectivity index (χ1) is 9.49. The maximum Gasteiger partial charge on any atom is 0.329 e. The van der Waals surface area contributed by atoms with E-state index in [2.05, 4.69) is 14.9 Å². The number of aromatic nitrogens is 2. The van der Waals surface area contributed by atoms with Crippen molar-refractivity contribution in [2.75, 3.05) is 6.61 Å². The van der Waals surface area contributed by atoms with E-state index < -0.39 is 35.6 Å². The van der Waals surface area contributed by atoms with E-state index in [0.29, 0.717) is 0 Å². The summed E-state index contributed by atoms with van der Waals surface area (Å²) < 4.78 is 48.9. The van der Waals surface area contributed by atoms with Crippen LogP contribution in [0.2, 0.25) is 0 Å². The van der Waals surface area contributed by atoms with Crippen LogP contribution in [0.5, 0.6) is 0 Å². The summed E-state index contributed by atoms with van der Waals surface area (Å²) in [5.41, 5.74) is -0.402. The van der Waals surface area contributed by atoms with E-state index >= 15 is 0 Å². The van der Waals surface area contributed by atoms with Crippen molar-refractivity contribution in [3.8, 4) is 11.5 Å². The average molecular weight is 288 g/mol. The minimum Gasteiger partial charge on any atom is -0.480 e. The third-order valence-electron chi connectivity index (χ3n) is 2.18. The third kappa shape index (κ3) is 2.94. The fraction of sp³-hybridized carbons (Fsp3) is 0.182. The summed E-state index contributed by atoms with van der Waals surface area (Å²) in [6, 6.07) is 1.67. The lowest BCUT2D eigenvalue weighted by molar-refractivity contribution is -0.142. The molecule has 0 unspecified atom stereocenters. The Morgan fingerprint density at radius 2 is 2.00 bits per heavy atom. The summed E-state index contributed by atoms with van der Waals surface area (Å²) in [6.07, 6.45) is 0. The summed E-state index contributed by atoms with van der Waals surface area (Å²) in [5.74, 6) is -6.11. The van der Waals surface area contributed by atoms with Gasteiger partial charge in [0, 0.05) is 0 Å². The molecule has 1 heterocycles. The van der Waals surface area contributed by atoms with Crippen LogP contribution >= 0.6 is 0 Å². The molecule has 0 aliphatic carbocycles. The molecular formula is C11H7F3N2O4. The number of carboxylic acid groups (broad SMARTS) is 1. The monoisotopic (exact) mass is 288 g/mol. The summed E-state index contributed by atoms with van der Waals surface area (Å²) in [5, 5.41) is 15.3. The number of carboxylic acids is 1. The second-order valence-electron chi connectivity index (χ2n) is 3.61. The van der Waals surface area contributed by atoms with Gasteiger partial charge in [-0.05, 0) is 12.1 Å². The van der Waals surface area contributed by atoms with Crippen LogP contribution in [0.25, 0.3) is 11.5 Å². The molecule has 0 amide bonds. The van der Waals surface area contributed by atoms with Crippen molar-refractivity contribution in [2.24, 2.45) is 0 Å². The number of carbonyl (C=O) groups is 1. The van der Waals surface area contributed by atoms with E-state index in [0.717, 1.165) is 12.1 Å². The van der Waals surface area contributed by atoms with Crippen molar-refractivity contribution >= 4 is 5.97 Å². The van der Waals surface area contributed by atoms with Crippen LogP contribution in [0.1, 0.15) is 5.89 Å². The maximum atomic E-state index is 13.5. The first-order valence-electron chi connectivity index (χ1n) is 5.25. The van der Waals surface area contributed by atoms with Gasteiger partial charge in [-0.15, -0.1) is 10.2 Å². The Bertz CT molecular complexity index is 645. The zero-order valence-electron chi connectivity index (χ0n) is 9.77. The number of nitrogens with zero attached hydrogens (tertiary/aromatic N) is 2. The van der Waals surface area contributed by atoms with Crippen molar-refractivity contribution in [3.05, 3.63) is 35.5 Å². The smallest absolute Gasteiger partial charge is 0.329 e. The predicted molar refractivity (Wildman–Crippen MR) is 56.9 cm³/mol. The normalized spacial score (nSPS) is 10.8. The molecule has 1 aromatic carbocycles. The van der Waals surface area contributed by atoms with Gasteiger partial charge >= 0.3 is 5.97 Å². The molecule has 6 nitrogen and oxygen atoms in total. The average Bonchev–Trinajstić information content (AvgIpc) is 2.84. The SMILES string of the molecule is O=C(O)COCc1nnc(-c2ccc(F)c(F)c2F)o1. The first-order valence-corrected chi connectivity index (χ1v) is 5.25. The predicted octanol–water partition coefficient (Wildman–Crippen LogP) is 1.76. The second kappa shape index (κ2) is 5.70. The first kappa shape index (κ1) is 14.0. The molecule has 1 aromatic heterocycles. The Morgan fingerprint density at radius 1 is 1.25 bits per heavy atom. The number of rotatable bonds is 5. The van der Waals surface area contributed by atoms with Gasteiger partial charge < -0.3 is 14.3 Å². The quantitative estimate of drug-likeness (QED) is 0.844. The molecule has 0 bridgehead atoms. The molecule has 0 fully saturated rings. The van der Waals surface area contributed by atoms with E-state index in [1.807, 2.05) is 0 Å². The van der Waals surface area contributed by atoms with E-state index in [1.54, 1.807) is 0 Å². The Labute approximate surface area is 109 Å². The van der Waals surface area contributed by atoms with E-state index in [9.17, 15) is 18.0 Å². The number of halogens is 3. The lowest BCUT2D eigenvalue weighted by Gasteiger charge is -1.99. The lowest BCUT2D eigenvalue weighted by atomic mass is 10.2. The highest BCUT2D eigenvalue weighted by Crippen LogP contribution is 2.24. The topological polar surface area (TPSA) is 85.5 Å². The van der Waals surface area contributed by atoms with Crippen LogP contribution in [0.15, 0.2) is 16.5 Å². The molecule has 0 saturated heterocycles. The summed E-state index contributed by atoms with van der Waals surface area (Å²) in [6.45, 7) is -0.873. The molecule has 0 saturated carbocycles. The van der Waals surface area contributed by atoms with Gasteiger partial charge in [0.1, 0.15) is 13.2 Å². The lowest BCUT2D eigenvalue weighted by Crippen LogP contribution is -2.06. The minimum atomic E-state index is -1.65. The van der Waals surface area contributed by atoms with Gasteiger partial charge in [-0.2, -0.15) is 0 Å². The third-order valence-corrected chi connectivity index (χ3v) is 2.18. The molecule has 106 valence electrons. The molecule has 0 radical (unpaired) electrons. The molecule has 2 rings (SSSR count). The standard InChI is InChI=1S/C11H7F3N2O4/c12-6-2-1-5(9(13)10(6)14)11-16-15-7(20-11)3-19-4-8(17)18/h1-2H,3-4H2,(H,17,18). The number of ether oxygens (including phenoxy) is 1. The van der Waals surface area contributed by atoms with Crippen molar-refractivity contribution < 1.29 is 32.2 Å². The molecule has 9 heteroatoms. The molecule has 0 aliphatic rings. The van der Waals surface area contributed by atoms with Gasteiger partial charge in [-0.1, -0.05) is 0 Å². The molecule has 20 heavy (non-hydrogen) atoms. The second-order valence-corrected chi connectivity index (χ2v) is 3.61. The van der Waals surface area contributed by atoms with E-state index in [-0.39, 0.29) is 18.4 Å². The van der Waals surface area contributed by atoms with Gasteiger partial charge in [-0.25, -0.2) is 18.0 Å². The van der Waals surface area contributed by atoms with E-state index in [4.69, 9.17) is 9.52 Å². The zero-order valence-corrected chi connectivity index (χ0v) is 9.77.